The Morgan fingerprint density at radius 2 is 1.94 bits per heavy atom. The number of carbonyl (C=O) groups excluding carboxylic acids is 1. The fraction of sp³-hybridized carbons (Fsp3) is 0.125. The fourth-order valence-corrected chi connectivity index (χ4v) is 1.94. The Morgan fingerprint density at radius 1 is 1.41 bits per heavy atom. The van der Waals surface area contributed by atoms with Crippen molar-refractivity contribution in [1.82, 2.24) is 0 Å². The van der Waals surface area contributed by atoms with E-state index in [1.165, 1.54) is 0 Å². The number of benzene rings is 1. The molecule has 0 bridgehead atoms. The van der Waals surface area contributed by atoms with Gasteiger partial charge in [0.15, 0.2) is 0 Å². The highest BCUT2D eigenvalue weighted by Crippen LogP contribution is 2.41. The molecule has 9 heteroatoms. The lowest BCUT2D eigenvalue weighted by atomic mass is 10.1. The summed E-state index contributed by atoms with van der Waals surface area (Å²) < 4.78 is 37.5. The number of carbonyl (C=O) groups is 1. The molecular formula is C8H2BrClF3NO3. The maximum atomic E-state index is 12.6. The van der Waals surface area contributed by atoms with Gasteiger partial charge in [0.25, 0.3) is 10.9 Å². The summed E-state index contributed by atoms with van der Waals surface area (Å²) in [5.74, 6) is 0. The summed E-state index contributed by atoms with van der Waals surface area (Å²) >= 11 is 7.55. The van der Waals surface area contributed by atoms with Crippen molar-refractivity contribution >= 4 is 38.5 Å². The minimum Gasteiger partial charge on any atom is -0.275 e. The van der Waals surface area contributed by atoms with Gasteiger partial charge < -0.3 is 0 Å². The lowest BCUT2D eigenvalue weighted by Gasteiger charge is -2.12. The van der Waals surface area contributed by atoms with Crippen LogP contribution < -0.4 is 0 Å². The van der Waals surface area contributed by atoms with Gasteiger partial charge in [-0.1, -0.05) is 15.9 Å². The first-order valence-corrected chi connectivity index (χ1v) is 5.07. The third-order valence-electron chi connectivity index (χ3n) is 1.81. The zero-order valence-electron chi connectivity index (χ0n) is 7.72. The van der Waals surface area contributed by atoms with Crippen LogP contribution in [0.25, 0.3) is 0 Å². The Hall–Kier alpha value is -1.15. The first-order valence-electron chi connectivity index (χ1n) is 3.90. The summed E-state index contributed by atoms with van der Waals surface area (Å²) in [4.78, 5) is 20.4. The van der Waals surface area contributed by atoms with Crippen molar-refractivity contribution in [2.24, 2.45) is 0 Å². The van der Waals surface area contributed by atoms with Crippen LogP contribution in [-0.2, 0) is 6.18 Å². The lowest BCUT2D eigenvalue weighted by Crippen LogP contribution is -2.14. The monoisotopic (exact) mass is 331 g/mol. The van der Waals surface area contributed by atoms with E-state index in [9.17, 15) is 28.1 Å². The third kappa shape index (κ3) is 2.75. The quantitative estimate of drug-likeness (QED) is 0.471. The van der Waals surface area contributed by atoms with Crippen LogP contribution in [0.3, 0.4) is 0 Å². The molecule has 0 aromatic heterocycles. The molecule has 0 saturated carbocycles. The van der Waals surface area contributed by atoms with Crippen LogP contribution in [0.4, 0.5) is 18.9 Å². The predicted molar refractivity (Wildman–Crippen MR) is 56.0 cm³/mol. The van der Waals surface area contributed by atoms with E-state index in [-0.39, 0.29) is 0 Å². The van der Waals surface area contributed by atoms with Crippen LogP contribution in [0, 0.1) is 10.1 Å². The van der Waals surface area contributed by atoms with E-state index in [1.807, 2.05) is 0 Å². The topological polar surface area (TPSA) is 60.2 Å². The maximum absolute atomic E-state index is 12.6. The van der Waals surface area contributed by atoms with E-state index < -0.39 is 37.6 Å². The summed E-state index contributed by atoms with van der Waals surface area (Å²) in [6.07, 6.45) is -4.93. The Balaban J connectivity index is 3.73. The van der Waals surface area contributed by atoms with Crippen LogP contribution in [0.1, 0.15) is 15.9 Å². The van der Waals surface area contributed by atoms with Crippen molar-refractivity contribution < 1.29 is 22.9 Å². The summed E-state index contributed by atoms with van der Waals surface area (Å²) in [6, 6.07) is 1.61. The highest BCUT2D eigenvalue weighted by atomic mass is 79.9. The highest BCUT2D eigenvalue weighted by Gasteiger charge is 2.41. The van der Waals surface area contributed by atoms with Crippen molar-refractivity contribution in [3.8, 4) is 0 Å². The lowest BCUT2D eigenvalue weighted by molar-refractivity contribution is -0.385. The Kier molecular flexibility index (Phi) is 3.78. The normalized spacial score (nSPS) is 11.4. The standard InChI is InChI=1S/C8H2BrClF3NO3/c9-3-1-2-4(14(16)17)5(7(10)15)6(3)8(11,12)13/h1-2H. The highest BCUT2D eigenvalue weighted by molar-refractivity contribution is 9.10. The minimum absolute atomic E-state index is 0.486. The molecule has 4 nitrogen and oxygen atoms in total. The molecule has 1 rings (SSSR count). The molecule has 17 heavy (non-hydrogen) atoms. The van der Waals surface area contributed by atoms with Crippen molar-refractivity contribution in [3.05, 3.63) is 37.8 Å². The average Bonchev–Trinajstić information content (AvgIpc) is 2.14. The van der Waals surface area contributed by atoms with Gasteiger partial charge in [0.05, 0.1) is 10.5 Å². The zero-order chi connectivity index (χ0) is 13.4. The molecular weight excluding hydrogens is 330 g/mol. The first kappa shape index (κ1) is 13.9. The molecule has 0 N–H and O–H groups in total. The van der Waals surface area contributed by atoms with E-state index in [0.717, 1.165) is 12.1 Å². The zero-order valence-corrected chi connectivity index (χ0v) is 10.1. The molecule has 0 heterocycles. The second-order valence-electron chi connectivity index (χ2n) is 2.85. The molecule has 92 valence electrons. The van der Waals surface area contributed by atoms with Crippen LogP contribution in [0.5, 0.6) is 0 Å². The Bertz CT molecular complexity index is 504. The van der Waals surface area contributed by atoms with Crippen LogP contribution in [-0.4, -0.2) is 10.2 Å². The average molecular weight is 332 g/mol. The van der Waals surface area contributed by atoms with Gasteiger partial charge in [-0.05, 0) is 17.7 Å². The fourth-order valence-electron chi connectivity index (χ4n) is 1.19. The molecule has 0 saturated heterocycles. The van der Waals surface area contributed by atoms with E-state index >= 15 is 0 Å². The molecule has 0 spiro atoms. The van der Waals surface area contributed by atoms with Gasteiger partial charge in [0.1, 0.15) is 5.56 Å². The molecule has 0 amide bonds. The minimum atomic E-state index is -4.93. The van der Waals surface area contributed by atoms with Crippen LogP contribution in [0.15, 0.2) is 16.6 Å². The van der Waals surface area contributed by atoms with E-state index in [2.05, 4.69) is 15.9 Å². The Morgan fingerprint density at radius 3 is 2.29 bits per heavy atom. The van der Waals surface area contributed by atoms with E-state index in [4.69, 9.17) is 11.6 Å². The van der Waals surface area contributed by atoms with Crippen molar-refractivity contribution in [3.63, 3.8) is 0 Å². The Labute approximate surface area is 106 Å². The first-order chi connectivity index (χ1) is 7.66. The summed E-state index contributed by atoms with van der Waals surface area (Å²) in [5, 5.41) is 8.99. The number of nitro groups is 1. The van der Waals surface area contributed by atoms with Gasteiger partial charge in [-0.15, -0.1) is 0 Å². The van der Waals surface area contributed by atoms with Crippen molar-refractivity contribution in [2.45, 2.75) is 6.18 Å². The number of hydrogen-bond donors (Lipinski definition) is 0. The number of hydrogen-bond acceptors (Lipinski definition) is 3. The van der Waals surface area contributed by atoms with Gasteiger partial charge in [0, 0.05) is 10.5 Å². The molecule has 0 atom stereocenters. The molecule has 0 fully saturated rings. The molecule has 1 aromatic rings. The molecule has 0 aliphatic heterocycles. The van der Waals surface area contributed by atoms with Crippen LogP contribution >= 0.6 is 27.5 Å². The predicted octanol–water partition coefficient (Wildman–Crippen LogP) is 3.76. The van der Waals surface area contributed by atoms with Gasteiger partial charge in [-0.3, -0.25) is 14.9 Å². The number of halogens is 5. The number of rotatable bonds is 2. The van der Waals surface area contributed by atoms with E-state index in [0.29, 0.717) is 0 Å². The molecule has 0 unspecified atom stereocenters. The van der Waals surface area contributed by atoms with Gasteiger partial charge in [-0.2, -0.15) is 13.2 Å². The van der Waals surface area contributed by atoms with E-state index in [1.54, 1.807) is 0 Å². The summed E-state index contributed by atoms with van der Waals surface area (Å²) in [7, 11) is 0. The number of nitrogens with zero attached hydrogens (tertiary/aromatic N) is 1. The van der Waals surface area contributed by atoms with Crippen molar-refractivity contribution in [2.75, 3.05) is 0 Å². The molecule has 0 aliphatic rings. The summed E-state index contributed by atoms with van der Waals surface area (Å²) in [6.45, 7) is 0. The second-order valence-corrected chi connectivity index (χ2v) is 4.04. The van der Waals surface area contributed by atoms with Crippen molar-refractivity contribution in [1.29, 1.82) is 0 Å². The van der Waals surface area contributed by atoms with Gasteiger partial charge in [0.2, 0.25) is 0 Å². The SMILES string of the molecule is O=C(Cl)c1c([N+](=O)[O-])ccc(Br)c1C(F)(F)F. The third-order valence-corrected chi connectivity index (χ3v) is 2.66. The second kappa shape index (κ2) is 4.61. The molecule has 0 radical (unpaired) electrons. The number of nitro benzene ring substituents is 1. The smallest absolute Gasteiger partial charge is 0.275 e. The molecule has 0 aliphatic carbocycles. The summed E-state index contributed by atoms with van der Waals surface area (Å²) in [5.41, 5.74) is -3.61. The van der Waals surface area contributed by atoms with Gasteiger partial charge in [-0.25, -0.2) is 0 Å². The molecule has 1 aromatic carbocycles. The largest absolute Gasteiger partial charge is 0.418 e. The number of alkyl halides is 3. The van der Waals surface area contributed by atoms with Gasteiger partial charge >= 0.3 is 6.18 Å². The van der Waals surface area contributed by atoms with Crippen LogP contribution in [0.2, 0.25) is 0 Å². The maximum Gasteiger partial charge on any atom is 0.418 e.